The first-order valence-electron chi connectivity index (χ1n) is 8.68. The summed E-state index contributed by atoms with van der Waals surface area (Å²) in [7, 11) is 1.53. The van der Waals surface area contributed by atoms with E-state index in [1.165, 1.54) is 18.9 Å². The van der Waals surface area contributed by atoms with Crippen LogP contribution in [0.1, 0.15) is 31.9 Å². The third kappa shape index (κ3) is 5.35. The van der Waals surface area contributed by atoms with Crippen molar-refractivity contribution in [3.05, 3.63) is 65.4 Å². The first-order chi connectivity index (χ1) is 12.7. The van der Waals surface area contributed by atoms with Crippen molar-refractivity contribution >= 4 is 17.3 Å². The van der Waals surface area contributed by atoms with Gasteiger partial charge < -0.3 is 15.4 Å². The Morgan fingerprint density at radius 3 is 2.37 bits per heavy atom. The number of carbonyl (C=O) groups is 1. The van der Waals surface area contributed by atoms with Gasteiger partial charge in [0.05, 0.1) is 12.8 Å². The summed E-state index contributed by atoms with van der Waals surface area (Å²) in [5.41, 5.74) is 3.56. The molecule has 0 spiro atoms. The molecule has 5 heteroatoms. The Morgan fingerprint density at radius 1 is 1.15 bits per heavy atom. The van der Waals surface area contributed by atoms with E-state index in [2.05, 4.69) is 31.4 Å². The average Bonchev–Trinajstić information content (AvgIpc) is 2.62. The lowest BCUT2D eigenvalue weighted by Gasteiger charge is -2.19. The lowest BCUT2D eigenvalue weighted by Crippen LogP contribution is -2.15. The summed E-state index contributed by atoms with van der Waals surface area (Å²) in [6.07, 6.45) is 1.41. The van der Waals surface area contributed by atoms with E-state index >= 15 is 0 Å². The van der Waals surface area contributed by atoms with Crippen molar-refractivity contribution < 1.29 is 9.53 Å². The van der Waals surface area contributed by atoms with Gasteiger partial charge in [0, 0.05) is 11.9 Å². The molecule has 0 aliphatic rings. The normalized spacial score (nSPS) is 11.5. The number of ether oxygens (including phenoxy) is 1. The molecule has 1 amide bonds. The molecule has 0 fully saturated rings. The van der Waals surface area contributed by atoms with Crippen LogP contribution < -0.4 is 15.4 Å². The highest BCUT2D eigenvalue weighted by Gasteiger charge is 2.14. The molecule has 2 rings (SSSR count). The maximum absolute atomic E-state index is 12.4. The fourth-order valence-electron chi connectivity index (χ4n) is 2.48. The fraction of sp³-hybridized carbons (Fsp3) is 0.273. The molecule has 27 heavy (non-hydrogen) atoms. The summed E-state index contributed by atoms with van der Waals surface area (Å²) in [5.74, 6) is 0.0391. The minimum Gasteiger partial charge on any atom is -0.495 e. The van der Waals surface area contributed by atoms with Gasteiger partial charge in [0.2, 0.25) is 0 Å². The molecule has 2 aromatic rings. The predicted octanol–water partition coefficient (Wildman–Crippen LogP) is 4.76. The maximum atomic E-state index is 12.4. The average molecular weight is 363 g/mol. The molecule has 0 heterocycles. The van der Waals surface area contributed by atoms with Crippen molar-refractivity contribution in [2.24, 2.45) is 0 Å². The molecule has 2 N–H and O–H groups in total. The Kier molecular flexibility index (Phi) is 6.25. The first-order valence-corrected chi connectivity index (χ1v) is 8.68. The topological polar surface area (TPSA) is 74.1 Å². The minimum atomic E-state index is -0.500. The number of rotatable bonds is 5. The SMILES string of the molecule is COc1ccc(C)cc1NC(=O)/C(C#N)=C\Nc1ccc(C(C)(C)C)cc1. The number of amides is 1. The Bertz CT molecular complexity index is 885. The zero-order valence-electron chi connectivity index (χ0n) is 16.4. The quantitative estimate of drug-likeness (QED) is 0.593. The van der Waals surface area contributed by atoms with E-state index in [-0.39, 0.29) is 11.0 Å². The third-order valence-corrected chi connectivity index (χ3v) is 4.10. The summed E-state index contributed by atoms with van der Waals surface area (Å²) in [5, 5.41) is 15.1. The molecular formula is C22H25N3O2. The van der Waals surface area contributed by atoms with Gasteiger partial charge >= 0.3 is 0 Å². The number of nitriles is 1. The van der Waals surface area contributed by atoms with Gasteiger partial charge in [-0.2, -0.15) is 5.26 Å². The van der Waals surface area contributed by atoms with Crippen LogP contribution in [0.3, 0.4) is 0 Å². The van der Waals surface area contributed by atoms with Crippen LogP contribution in [0.25, 0.3) is 0 Å². The highest BCUT2D eigenvalue weighted by molar-refractivity contribution is 6.07. The molecule has 0 aromatic heterocycles. The summed E-state index contributed by atoms with van der Waals surface area (Å²) >= 11 is 0. The first kappa shape index (κ1) is 20.1. The van der Waals surface area contributed by atoms with Gasteiger partial charge in [-0.05, 0) is 47.7 Å². The Balaban J connectivity index is 2.13. The minimum absolute atomic E-state index is 0.0292. The van der Waals surface area contributed by atoms with Gasteiger partial charge in [0.15, 0.2) is 0 Å². The Hall–Kier alpha value is -3.26. The lowest BCUT2D eigenvalue weighted by molar-refractivity contribution is -0.112. The number of hydrogen-bond donors (Lipinski definition) is 2. The molecule has 0 saturated heterocycles. The Labute approximate surface area is 160 Å². The largest absolute Gasteiger partial charge is 0.495 e. The molecule has 0 aliphatic carbocycles. The molecule has 140 valence electrons. The number of carbonyl (C=O) groups excluding carboxylic acids is 1. The molecule has 0 atom stereocenters. The Morgan fingerprint density at radius 2 is 1.81 bits per heavy atom. The molecule has 0 unspecified atom stereocenters. The number of methoxy groups -OCH3 is 1. The molecule has 0 bridgehead atoms. The number of benzene rings is 2. The van der Waals surface area contributed by atoms with Crippen LogP contribution in [0.2, 0.25) is 0 Å². The van der Waals surface area contributed by atoms with Crippen molar-refractivity contribution in [2.45, 2.75) is 33.1 Å². The monoisotopic (exact) mass is 363 g/mol. The lowest BCUT2D eigenvalue weighted by atomic mass is 9.87. The standard InChI is InChI=1S/C22H25N3O2/c1-15-6-11-20(27-5)19(12-15)25-21(26)16(13-23)14-24-18-9-7-17(8-10-18)22(2,3)4/h6-12,14,24H,1-5H3,(H,25,26)/b16-14-. The molecule has 2 aromatic carbocycles. The second-order valence-electron chi connectivity index (χ2n) is 7.30. The van der Waals surface area contributed by atoms with Crippen LogP contribution >= 0.6 is 0 Å². The van der Waals surface area contributed by atoms with Gasteiger partial charge in [0.25, 0.3) is 5.91 Å². The predicted molar refractivity (Wildman–Crippen MR) is 109 cm³/mol. The summed E-state index contributed by atoms with van der Waals surface area (Å²) in [4.78, 5) is 12.4. The molecular weight excluding hydrogens is 338 g/mol. The molecule has 0 saturated carbocycles. The van der Waals surface area contributed by atoms with Crippen LogP contribution in [0.15, 0.2) is 54.2 Å². The van der Waals surface area contributed by atoms with Gasteiger partial charge in [0.1, 0.15) is 17.4 Å². The zero-order chi connectivity index (χ0) is 20.0. The van der Waals surface area contributed by atoms with Crippen molar-refractivity contribution in [1.82, 2.24) is 0 Å². The summed E-state index contributed by atoms with van der Waals surface area (Å²) in [6.45, 7) is 8.35. The van der Waals surface area contributed by atoms with Crippen molar-refractivity contribution in [1.29, 1.82) is 5.26 Å². The van der Waals surface area contributed by atoms with Crippen molar-refractivity contribution in [2.75, 3.05) is 17.7 Å². The molecule has 0 aliphatic heterocycles. The number of nitrogens with one attached hydrogen (secondary N) is 2. The molecule has 0 radical (unpaired) electrons. The van der Waals surface area contributed by atoms with Crippen molar-refractivity contribution in [3.63, 3.8) is 0 Å². The van der Waals surface area contributed by atoms with Crippen LogP contribution in [0.5, 0.6) is 5.75 Å². The number of nitrogens with zero attached hydrogens (tertiary/aromatic N) is 1. The van der Waals surface area contributed by atoms with Gasteiger partial charge in [-0.3, -0.25) is 4.79 Å². The van der Waals surface area contributed by atoms with E-state index in [0.717, 1.165) is 11.3 Å². The maximum Gasteiger partial charge on any atom is 0.267 e. The number of hydrogen-bond acceptors (Lipinski definition) is 4. The molecule has 5 nitrogen and oxygen atoms in total. The smallest absolute Gasteiger partial charge is 0.267 e. The van der Waals surface area contributed by atoms with Crippen LogP contribution in [-0.2, 0) is 10.2 Å². The van der Waals surface area contributed by atoms with E-state index in [1.807, 2.05) is 43.3 Å². The van der Waals surface area contributed by atoms with E-state index in [4.69, 9.17) is 4.74 Å². The van der Waals surface area contributed by atoms with Crippen LogP contribution in [0, 0.1) is 18.3 Å². The second kappa shape index (κ2) is 8.41. The third-order valence-electron chi connectivity index (χ3n) is 4.10. The van der Waals surface area contributed by atoms with E-state index in [9.17, 15) is 10.1 Å². The van der Waals surface area contributed by atoms with E-state index < -0.39 is 5.91 Å². The van der Waals surface area contributed by atoms with Gasteiger partial charge in [-0.25, -0.2) is 0 Å². The highest BCUT2D eigenvalue weighted by atomic mass is 16.5. The van der Waals surface area contributed by atoms with Crippen molar-refractivity contribution in [3.8, 4) is 11.8 Å². The van der Waals surface area contributed by atoms with Gasteiger partial charge in [-0.1, -0.05) is 39.0 Å². The highest BCUT2D eigenvalue weighted by Crippen LogP contribution is 2.26. The van der Waals surface area contributed by atoms with E-state index in [1.54, 1.807) is 12.1 Å². The fourth-order valence-corrected chi connectivity index (χ4v) is 2.48. The zero-order valence-corrected chi connectivity index (χ0v) is 16.4. The summed E-state index contributed by atoms with van der Waals surface area (Å²) in [6, 6.07) is 15.3. The van der Waals surface area contributed by atoms with E-state index in [0.29, 0.717) is 11.4 Å². The second-order valence-corrected chi connectivity index (χ2v) is 7.30. The van der Waals surface area contributed by atoms with Gasteiger partial charge in [-0.15, -0.1) is 0 Å². The van der Waals surface area contributed by atoms with Crippen LogP contribution in [-0.4, -0.2) is 13.0 Å². The number of aryl methyl sites for hydroxylation is 1. The van der Waals surface area contributed by atoms with Crippen LogP contribution in [0.4, 0.5) is 11.4 Å². The summed E-state index contributed by atoms with van der Waals surface area (Å²) < 4.78 is 5.25. The number of anilines is 2.